The summed E-state index contributed by atoms with van der Waals surface area (Å²) in [7, 11) is 0. The van der Waals surface area contributed by atoms with Gasteiger partial charge in [-0.05, 0) is 12.5 Å². The van der Waals surface area contributed by atoms with Crippen LogP contribution in [0.2, 0.25) is 0 Å². The van der Waals surface area contributed by atoms with Crippen LogP contribution in [0.15, 0.2) is 23.1 Å². The van der Waals surface area contributed by atoms with Crippen LogP contribution in [-0.4, -0.2) is 15.2 Å². The second-order valence-electron chi connectivity index (χ2n) is 2.79. The van der Waals surface area contributed by atoms with E-state index in [1.807, 2.05) is 6.92 Å². The highest BCUT2D eigenvalue weighted by Gasteiger charge is 2.00. The summed E-state index contributed by atoms with van der Waals surface area (Å²) in [5.74, 6) is 0. The number of pyridine rings is 1. The molecule has 66 valence electrons. The van der Waals surface area contributed by atoms with Crippen LogP contribution in [0.5, 0.6) is 0 Å². The lowest BCUT2D eigenvalue weighted by atomic mass is 10.2. The average Bonchev–Trinajstić information content (AvgIpc) is 2.16. The first kappa shape index (κ1) is 7.91. The topological polar surface area (TPSA) is 58.6 Å². The predicted molar refractivity (Wildman–Crippen MR) is 49.5 cm³/mol. The Morgan fingerprint density at radius 3 is 3.08 bits per heavy atom. The Morgan fingerprint density at radius 1 is 1.46 bits per heavy atom. The fourth-order valence-corrected chi connectivity index (χ4v) is 1.32. The number of rotatable bonds is 1. The van der Waals surface area contributed by atoms with Crippen molar-refractivity contribution >= 4 is 10.9 Å². The molecule has 2 aromatic heterocycles. The Balaban J connectivity index is 2.85. The minimum atomic E-state index is -0.109. The Morgan fingerprint density at radius 2 is 2.31 bits per heavy atom. The predicted octanol–water partition coefficient (Wildman–Crippen LogP) is 0.880. The summed E-state index contributed by atoms with van der Waals surface area (Å²) in [4.78, 5) is 13.7. The zero-order chi connectivity index (χ0) is 9.26. The molecule has 2 heterocycles. The van der Waals surface area contributed by atoms with Crippen LogP contribution in [-0.2, 0) is 6.42 Å². The Bertz CT molecular complexity index is 489. The van der Waals surface area contributed by atoms with Gasteiger partial charge in [-0.3, -0.25) is 4.79 Å². The lowest BCUT2D eigenvalue weighted by Gasteiger charge is -1.99. The van der Waals surface area contributed by atoms with Gasteiger partial charge in [0.15, 0.2) is 0 Å². The van der Waals surface area contributed by atoms with Crippen molar-refractivity contribution in [1.82, 2.24) is 15.2 Å². The molecule has 0 aliphatic rings. The van der Waals surface area contributed by atoms with Crippen molar-refractivity contribution in [3.63, 3.8) is 0 Å². The number of aryl methyl sites for hydroxylation is 1. The van der Waals surface area contributed by atoms with Crippen LogP contribution in [0.3, 0.4) is 0 Å². The number of nitrogens with one attached hydrogen (secondary N) is 1. The molecular weight excluding hydrogens is 166 g/mol. The number of H-pyrrole nitrogens is 1. The van der Waals surface area contributed by atoms with Crippen LogP contribution in [0.4, 0.5) is 0 Å². The first-order chi connectivity index (χ1) is 6.31. The average molecular weight is 175 g/mol. The fourth-order valence-electron chi connectivity index (χ4n) is 1.32. The molecule has 2 rings (SSSR count). The molecule has 0 aromatic carbocycles. The van der Waals surface area contributed by atoms with Crippen LogP contribution >= 0.6 is 0 Å². The van der Waals surface area contributed by atoms with Crippen molar-refractivity contribution in [2.24, 2.45) is 0 Å². The van der Waals surface area contributed by atoms with E-state index in [-0.39, 0.29) is 5.56 Å². The van der Waals surface area contributed by atoms with Crippen molar-refractivity contribution in [3.8, 4) is 0 Å². The number of hydrogen-bond donors (Lipinski definition) is 1. The number of fused-ring (bicyclic) bond motifs is 1. The molecule has 0 spiro atoms. The summed E-state index contributed by atoms with van der Waals surface area (Å²) >= 11 is 0. The van der Waals surface area contributed by atoms with Crippen LogP contribution in [0.25, 0.3) is 10.9 Å². The quantitative estimate of drug-likeness (QED) is 0.699. The van der Waals surface area contributed by atoms with Gasteiger partial charge in [0.25, 0.3) is 0 Å². The maximum atomic E-state index is 11.0. The van der Waals surface area contributed by atoms with Gasteiger partial charge in [-0.2, -0.15) is 10.2 Å². The SMILES string of the molecule is CCc1nncc2[nH]c(=O)ccc12. The van der Waals surface area contributed by atoms with Gasteiger partial charge in [0.1, 0.15) is 0 Å². The zero-order valence-electron chi connectivity index (χ0n) is 7.24. The maximum absolute atomic E-state index is 11.0. The molecule has 0 fully saturated rings. The molecule has 1 N–H and O–H groups in total. The Labute approximate surface area is 74.6 Å². The molecule has 4 nitrogen and oxygen atoms in total. The van der Waals surface area contributed by atoms with Crippen molar-refractivity contribution in [2.45, 2.75) is 13.3 Å². The third-order valence-electron chi connectivity index (χ3n) is 1.96. The molecule has 0 saturated heterocycles. The summed E-state index contributed by atoms with van der Waals surface area (Å²) in [6.07, 6.45) is 2.38. The number of aromatic nitrogens is 3. The van der Waals surface area contributed by atoms with E-state index in [1.54, 1.807) is 12.3 Å². The standard InChI is InChI=1S/C9H9N3O/c1-2-7-6-3-4-9(13)11-8(6)5-10-12-7/h3-5H,2H2,1H3,(H,11,13). The lowest BCUT2D eigenvalue weighted by molar-refractivity contribution is 0.935. The van der Waals surface area contributed by atoms with E-state index in [1.165, 1.54) is 6.07 Å². The second-order valence-corrected chi connectivity index (χ2v) is 2.79. The lowest BCUT2D eigenvalue weighted by Crippen LogP contribution is -2.04. The van der Waals surface area contributed by atoms with Crippen LogP contribution in [0, 0.1) is 0 Å². The van der Waals surface area contributed by atoms with E-state index in [0.717, 1.165) is 23.0 Å². The largest absolute Gasteiger partial charge is 0.321 e. The zero-order valence-corrected chi connectivity index (χ0v) is 7.24. The van der Waals surface area contributed by atoms with E-state index in [0.29, 0.717) is 0 Å². The first-order valence-electron chi connectivity index (χ1n) is 4.15. The third kappa shape index (κ3) is 1.30. The molecule has 0 saturated carbocycles. The third-order valence-corrected chi connectivity index (χ3v) is 1.96. The molecule has 0 atom stereocenters. The van der Waals surface area contributed by atoms with Gasteiger partial charge < -0.3 is 4.98 Å². The summed E-state index contributed by atoms with van der Waals surface area (Å²) in [5, 5.41) is 8.76. The minimum absolute atomic E-state index is 0.109. The molecule has 2 aromatic rings. The molecule has 0 amide bonds. The highest BCUT2D eigenvalue weighted by Crippen LogP contribution is 2.10. The van der Waals surface area contributed by atoms with Crippen molar-refractivity contribution in [1.29, 1.82) is 0 Å². The molecular formula is C9H9N3O. The molecule has 0 aliphatic carbocycles. The van der Waals surface area contributed by atoms with Gasteiger partial charge >= 0.3 is 0 Å². The van der Waals surface area contributed by atoms with Gasteiger partial charge in [-0.25, -0.2) is 0 Å². The van der Waals surface area contributed by atoms with E-state index >= 15 is 0 Å². The summed E-state index contributed by atoms with van der Waals surface area (Å²) in [6.45, 7) is 2.01. The Kier molecular flexibility index (Phi) is 1.81. The second kappa shape index (κ2) is 2.97. The van der Waals surface area contributed by atoms with Crippen molar-refractivity contribution in [2.75, 3.05) is 0 Å². The van der Waals surface area contributed by atoms with E-state index in [4.69, 9.17) is 0 Å². The van der Waals surface area contributed by atoms with Gasteiger partial charge in [-0.1, -0.05) is 6.92 Å². The van der Waals surface area contributed by atoms with Crippen molar-refractivity contribution < 1.29 is 0 Å². The van der Waals surface area contributed by atoms with Gasteiger partial charge in [0.2, 0.25) is 5.56 Å². The number of hydrogen-bond acceptors (Lipinski definition) is 3. The molecule has 0 bridgehead atoms. The number of nitrogens with zero attached hydrogens (tertiary/aromatic N) is 2. The highest BCUT2D eigenvalue weighted by atomic mass is 16.1. The summed E-state index contributed by atoms with van der Waals surface area (Å²) in [5.41, 5.74) is 1.55. The van der Waals surface area contributed by atoms with E-state index < -0.39 is 0 Å². The smallest absolute Gasteiger partial charge is 0.248 e. The first-order valence-corrected chi connectivity index (χ1v) is 4.15. The van der Waals surface area contributed by atoms with E-state index in [2.05, 4.69) is 15.2 Å². The van der Waals surface area contributed by atoms with Gasteiger partial charge in [-0.15, -0.1) is 0 Å². The van der Waals surface area contributed by atoms with Gasteiger partial charge in [0, 0.05) is 11.5 Å². The molecule has 0 aliphatic heterocycles. The monoisotopic (exact) mass is 175 g/mol. The van der Waals surface area contributed by atoms with E-state index in [9.17, 15) is 4.79 Å². The summed E-state index contributed by atoms with van der Waals surface area (Å²) in [6, 6.07) is 3.28. The summed E-state index contributed by atoms with van der Waals surface area (Å²) < 4.78 is 0. The van der Waals surface area contributed by atoms with Crippen LogP contribution < -0.4 is 5.56 Å². The molecule has 0 radical (unpaired) electrons. The normalized spacial score (nSPS) is 10.5. The molecule has 4 heteroatoms. The van der Waals surface area contributed by atoms with Gasteiger partial charge in [0.05, 0.1) is 17.4 Å². The molecule has 0 unspecified atom stereocenters. The fraction of sp³-hybridized carbons (Fsp3) is 0.222. The van der Waals surface area contributed by atoms with Crippen molar-refractivity contribution in [3.05, 3.63) is 34.4 Å². The number of aromatic amines is 1. The minimum Gasteiger partial charge on any atom is -0.321 e. The van der Waals surface area contributed by atoms with Crippen LogP contribution in [0.1, 0.15) is 12.6 Å². The Hall–Kier alpha value is -1.71. The highest BCUT2D eigenvalue weighted by molar-refractivity contribution is 5.79. The maximum Gasteiger partial charge on any atom is 0.248 e. The molecule has 13 heavy (non-hydrogen) atoms.